The molecule has 0 bridgehead atoms. The van der Waals surface area contributed by atoms with E-state index in [2.05, 4.69) is 19.2 Å². The van der Waals surface area contributed by atoms with Crippen LogP contribution in [0.3, 0.4) is 0 Å². The summed E-state index contributed by atoms with van der Waals surface area (Å²) in [5.74, 6) is 0. The summed E-state index contributed by atoms with van der Waals surface area (Å²) in [4.78, 5) is 0. The predicted molar refractivity (Wildman–Crippen MR) is 64.5 cm³/mol. The summed E-state index contributed by atoms with van der Waals surface area (Å²) in [6.07, 6.45) is 6.95. The van der Waals surface area contributed by atoms with Crippen molar-refractivity contribution in [3.8, 4) is 0 Å². The first kappa shape index (κ1) is 12.3. The van der Waals surface area contributed by atoms with E-state index in [1.54, 1.807) is 0 Å². The molecule has 0 radical (unpaired) electrons. The molecule has 3 nitrogen and oxygen atoms in total. The first-order chi connectivity index (χ1) is 7.57. The fraction of sp³-hybridized carbons (Fsp3) is 1.00. The molecular formula is C13H25NO2. The maximum absolute atomic E-state index is 9.84. The van der Waals surface area contributed by atoms with Crippen LogP contribution in [0.15, 0.2) is 0 Å². The van der Waals surface area contributed by atoms with E-state index in [0.29, 0.717) is 12.1 Å². The molecule has 2 aliphatic rings. The van der Waals surface area contributed by atoms with Gasteiger partial charge in [0.15, 0.2) is 0 Å². The van der Waals surface area contributed by atoms with E-state index in [9.17, 15) is 5.11 Å². The number of hydrogen-bond acceptors (Lipinski definition) is 3. The molecular weight excluding hydrogens is 202 g/mol. The molecule has 3 heteroatoms. The first-order valence-electron chi connectivity index (χ1n) is 6.66. The van der Waals surface area contributed by atoms with Gasteiger partial charge in [0.1, 0.15) is 0 Å². The highest BCUT2D eigenvalue weighted by Gasteiger charge is 2.32. The third kappa shape index (κ3) is 3.19. The Labute approximate surface area is 98.6 Å². The van der Waals surface area contributed by atoms with Gasteiger partial charge in [0.2, 0.25) is 0 Å². The van der Waals surface area contributed by atoms with E-state index in [-0.39, 0.29) is 11.7 Å². The first-order valence-corrected chi connectivity index (χ1v) is 6.66. The molecule has 2 fully saturated rings. The number of aliphatic hydroxyl groups excluding tert-OH is 1. The van der Waals surface area contributed by atoms with Crippen molar-refractivity contribution in [1.29, 1.82) is 0 Å². The van der Waals surface area contributed by atoms with Gasteiger partial charge in [0, 0.05) is 12.6 Å². The molecule has 2 N–H and O–H groups in total. The van der Waals surface area contributed by atoms with Gasteiger partial charge in [-0.25, -0.2) is 0 Å². The maximum atomic E-state index is 9.84. The average molecular weight is 227 g/mol. The van der Waals surface area contributed by atoms with Gasteiger partial charge >= 0.3 is 0 Å². The Bertz CT molecular complexity index is 230. The zero-order valence-corrected chi connectivity index (χ0v) is 10.5. The second-order valence-electron chi connectivity index (χ2n) is 5.90. The minimum Gasteiger partial charge on any atom is -0.392 e. The minimum absolute atomic E-state index is 0.0531. The zero-order valence-electron chi connectivity index (χ0n) is 10.5. The van der Waals surface area contributed by atoms with E-state index in [1.807, 2.05) is 0 Å². The van der Waals surface area contributed by atoms with Crippen molar-refractivity contribution < 1.29 is 9.84 Å². The van der Waals surface area contributed by atoms with Gasteiger partial charge in [0.05, 0.1) is 17.8 Å². The lowest BCUT2D eigenvalue weighted by molar-refractivity contribution is -0.0183. The van der Waals surface area contributed by atoms with E-state index >= 15 is 0 Å². The van der Waals surface area contributed by atoms with Gasteiger partial charge in [-0.05, 0) is 39.5 Å². The Morgan fingerprint density at radius 2 is 2.00 bits per heavy atom. The lowest BCUT2D eigenvalue weighted by Gasteiger charge is -2.29. The van der Waals surface area contributed by atoms with Gasteiger partial charge < -0.3 is 15.2 Å². The van der Waals surface area contributed by atoms with Crippen molar-refractivity contribution in [3.05, 3.63) is 0 Å². The highest BCUT2D eigenvalue weighted by Crippen LogP contribution is 2.29. The summed E-state index contributed by atoms with van der Waals surface area (Å²) in [5, 5.41) is 13.3. The van der Waals surface area contributed by atoms with Crippen LogP contribution in [0.5, 0.6) is 0 Å². The van der Waals surface area contributed by atoms with Crippen molar-refractivity contribution in [2.75, 3.05) is 6.54 Å². The van der Waals surface area contributed by atoms with E-state index in [0.717, 1.165) is 32.2 Å². The number of ether oxygens (including phenoxy) is 1. The summed E-state index contributed by atoms with van der Waals surface area (Å²) in [6, 6.07) is 0.293. The van der Waals surface area contributed by atoms with E-state index < -0.39 is 0 Å². The van der Waals surface area contributed by atoms with Gasteiger partial charge in [-0.2, -0.15) is 0 Å². The van der Waals surface area contributed by atoms with Gasteiger partial charge in [-0.3, -0.25) is 0 Å². The molecule has 16 heavy (non-hydrogen) atoms. The van der Waals surface area contributed by atoms with Crippen LogP contribution in [-0.4, -0.2) is 35.5 Å². The SMILES string of the molecule is CC1(C)CCC(CNC2CCCCC2O)O1. The number of aliphatic hydroxyl groups is 1. The Kier molecular flexibility index (Phi) is 3.88. The topological polar surface area (TPSA) is 41.5 Å². The summed E-state index contributed by atoms with van der Waals surface area (Å²) in [6.45, 7) is 5.20. The smallest absolute Gasteiger partial charge is 0.0707 e. The van der Waals surface area contributed by atoms with Crippen LogP contribution in [0.1, 0.15) is 52.4 Å². The molecule has 0 aromatic heterocycles. The molecule has 0 aromatic carbocycles. The van der Waals surface area contributed by atoms with Crippen molar-refractivity contribution in [1.82, 2.24) is 5.32 Å². The molecule has 1 heterocycles. The second kappa shape index (κ2) is 5.03. The minimum atomic E-state index is -0.150. The van der Waals surface area contributed by atoms with Crippen LogP contribution >= 0.6 is 0 Å². The third-order valence-corrected chi connectivity index (χ3v) is 3.89. The average Bonchev–Trinajstić information content (AvgIpc) is 2.57. The van der Waals surface area contributed by atoms with E-state index in [4.69, 9.17) is 4.74 Å². The van der Waals surface area contributed by atoms with E-state index in [1.165, 1.54) is 12.8 Å². The predicted octanol–water partition coefficient (Wildman–Crippen LogP) is 1.84. The monoisotopic (exact) mass is 227 g/mol. The summed E-state index contributed by atoms with van der Waals surface area (Å²) >= 11 is 0. The number of hydrogen-bond donors (Lipinski definition) is 2. The van der Waals surface area contributed by atoms with Crippen LogP contribution in [0.4, 0.5) is 0 Å². The molecule has 3 atom stereocenters. The van der Waals surface area contributed by atoms with Crippen LogP contribution in [0.2, 0.25) is 0 Å². The summed E-state index contributed by atoms with van der Waals surface area (Å²) < 4.78 is 5.93. The maximum Gasteiger partial charge on any atom is 0.0707 e. The standard InChI is InChI=1S/C13H25NO2/c1-13(2)8-7-10(16-13)9-14-11-5-3-4-6-12(11)15/h10-12,14-15H,3-9H2,1-2H3. The molecule has 1 aliphatic heterocycles. The van der Waals surface area contributed by atoms with Crippen LogP contribution < -0.4 is 5.32 Å². The summed E-state index contributed by atoms with van der Waals surface area (Å²) in [5.41, 5.74) is 0.0531. The normalized spacial score (nSPS) is 38.8. The second-order valence-corrected chi connectivity index (χ2v) is 5.90. The fourth-order valence-electron chi connectivity index (χ4n) is 2.85. The van der Waals surface area contributed by atoms with Crippen molar-refractivity contribution >= 4 is 0 Å². The lowest BCUT2D eigenvalue weighted by Crippen LogP contribution is -2.45. The Morgan fingerprint density at radius 1 is 1.25 bits per heavy atom. The molecule has 0 aromatic rings. The molecule has 1 aliphatic carbocycles. The summed E-state index contributed by atoms with van der Waals surface area (Å²) in [7, 11) is 0. The third-order valence-electron chi connectivity index (χ3n) is 3.89. The molecule has 94 valence electrons. The molecule has 3 unspecified atom stereocenters. The van der Waals surface area contributed by atoms with Crippen molar-refractivity contribution in [3.63, 3.8) is 0 Å². The molecule has 1 saturated carbocycles. The molecule has 1 saturated heterocycles. The molecule has 0 spiro atoms. The van der Waals surface area contributed by atoms with Crippen LogP contribution in [0.25, 0.3) is 0 Å². The highest BCUT2D eigenvalue weighted by atomic mass is 16.5. The van der Waals surface area contributed by atoms with Crippen molar-refractivity contribution in [2.24, 2.45) is 0 Å². The lowest BCUT2D eigenvalue weighted by atomic mass is 9.92. The largest absolute Gasteiger partial charge is 0.392 e. The van der Waals surface area contributed by atoms with Crippen LogP contribution in [-0.2, 0) is 4.74 Å². The number of nitrogens with one attached hydrogen (secondary N) is 1. The Morgan fingerprint density at radius 3 is 2.62 bits per heavy atom. The Hall–Kier alpha value is -0.120. The molecule has 0 amide bonds. The fourth-order valence-corrected chi connectivity index (χ4v) is 2.85. The van der Waals surface area contributed by atoms with Crippen LogP contribution in [0, 0.1) is 0 Å². The number of rotatable bonds is 3. The zero-order chi connectivity index (χ0) is 11.6. The van der Waals surface area contributed by atoms with Gasteiger partial charge in [-0.15, -0.1) is 0 Å². The van der Waals surface area contributed by atoms with Gasteiger partial charge in [-0.1, -0.05) is 12.8 Å². The van der Waals surface area contributed by atoms with Crippen molar-refractivity contribution in [2.45, 2.75) is 76.2 Å². The molecule has 2 rings (SSSR count). The van der Waals surface area contributed by atoms with Gasteiger partial charge in [0.25, 0.3) is 0 Å². The Balaban J connectivity index is 1.71. The highest BCUT2D eigenvalue weighted by molar-refractivity contribution is 4.85. The quantitative estimate of drug-likeness (QED) is 0.773.